The third-order valence-corrected chi connectivity index (χ3v) is 3.60. The lowest BCUT2D eigenvalue weighted by molar-refractivity contribution is -0.146. The number of carboxylic acids is 1. The van der Waals surface area contributed by atoms with Crippen LogP contribution in [-0.4, -0.2) is 34.6 Å². The Morgan fingerprint density at radius 3 is 2.71 bits per heavy atom. The largest absolute Gasteiger partial charge is 0.479 e. The topological polar surface area (TPSA) is 66.8 Å². The van der Waals surface area contributed by atoms with Gasteiger partial charge in [-0.15, -0.1) is 11.8 Å². The zero-order valence-corrected chi connectivity index (χ0v) is 9.61. The van der Waals surface area contributed by atoms with Gasteiger partial charge in [0, 0.05) is 4.90 Å². The lowest BCUT2D eigenvalue weighted by Crippen LogP contribution is -2.30. The van der Waals surface area contributed by atoms with Gasteiger partial charge in [-0.05, 0) is 17.7 Å². The van der Waals surface area contributed by atoms with Crippen molar-refractivity contribution in [3.05, 3.63) is 29.6 Å². The standard InChI is InChI=1S/C11H11FO4S/c12-8-3-6(10(13)11(14)15)1-2-9(8)17-7-4-16-5-7/h1-3,7,10,13H,4-5H2,(H,14,15). The summed E-state index contributed by atoms with van der Waals surface area (Å²) in [7, 11) is 0. The predicted molar refractivity (Wildman–Crippen MR) is 59.5 cm³/mol. The van der Waals surface area contributed by atoms with Gasteiger partial charge in [0.05, 0.1) is 18.5 Å². The van der Waals surface area contributed by atoms with Gasteiger partial charge in [0.25, 0.3) is 0 Å². The molecule has 1 heterocycles. The normalized spacial score (nSPS) is 17.5. The fourth-order valence-corrected chi connectivity index (χ4v) is 2.39. The molecule has 2 N–H and O–H groups in total. The fraction of sp³-hybridized carbons (Fsp3) is 0.364. The van der Waals surface area contributed by atoms with Gasteiger partial charge < -0.3 is 14.9 Å². The maximum Gasteiger partial charge on any atom is 0.337 e. The van der Waals surface area contributed by atoms with Crippen LogP contribution in [0.5, 0.6) is 0 Å². The van der Waals surface area contributed by atoms with Crippen LogP contribution in [0.15, 0.2) is 23.1 Å². The zero-order chi connectivity index (χ0) is 12.4. The minimum absolute atomic E-state index is 0.0456. The Morgan fingerprint density at radius 2 is 2.24 bits per heavy atom. The van der Waals surface area contributed by atoms with Crippen LogP contribution in [0.1, 0.15) is 11.7 Å². The highest BCUT2D eigenvalue weighted by Gasteiger charge is 2.22. The molecular formula is C11H11FO4S. The molecule has 92 valence electrons. The molecule has 1 aromatic carbocycles. The van der Waals surface area contributed by atoms with Crippen molar-refractivity contribution in [2.75, 3.05) is 13.2 Å². The molecule has 1 fully saturated rings. The molecule has 17 heavy (non-hydrogen) atoms. The van der Waals surface area contributed by atoms with E-state index in [-0.39, 0.29) is 10.8 Å². The highest BCUT2D eigenvalue weighted by atomic mass is 32.2. The van der Waals surface area contributed by atoms with Gasteiger partial charge in [0.1, 0.15) is 5.82 Å². The van der Waals surface area contributed by atoms with Crippen molar-refractivity contribution >= 4 is 17.7 Å². The van der Waals surface area contributed by atoms with Crippen LogP contribution in [0, 0.1) is 5.82 Å². The van der Waals surface area contributed by atoms with E-state index < -0.39 is 17.9 Å². The van der Waals surface area contributed by atoms with Crippen LogP contribution in [0.3, 0.4) is 0 Å². The molecule has 0 radical (unpaired) electrons. The quantitative estimate of drug-likeness (QED) is 0.855. The Balaban J connectivity index is 2.13. The minimum Gasteiger partial charge on any atom is -0.479 e. The SMILES string of the molecule is O=C(O)C(O)c1ccc(SC2COC2)c(F)c1. The number of ether oxygens (including phenoxy) is 1. The van der Waals surface area contributed by atoms with E-state index in [1.807, 2.05) is 0 Å². The molecule has 0 spiro atoms. The Labute approximate surface area is 101 Å². The van der Waals surface area contributed by atoms with E-state index in [0.717, 1.165) is 6.07 Å². The van der Waals surface area contributed by atoms with E-state index in [1.165, 1.54) is 23.9 Å². The first-order valence-corrected chi connectivity index (χ1v) is 5.90. The average Bonchev–Trinajstić information content (AvgIpc) is 2.23. The minimum atomic E-state index is -1.68. The second-order valence-corrected chi connectivity index (χ2v) is 5.05. The molecule has 2 rings (SSSR count). The molecule has 0 saturated carbocycles. The van der Waals surface area contributed by atoms with Crippen LogP contribution >= 0.6 is 11.8 Å². The van der Waals surface area contributed by atoms with Crippen LogP contribution in [0.25, 0.3) is 0 Å². The Bertz CT molecular complexity index is 433. The van der Waals surface area contributed by atoms with Crippen molar-refractivity contribution in [3.8, 4) is 0 Å². The summed E-state index contributed by atoms with van der Waals surface area (Å²) in [5, 5.41) is 18.1. The molecule has 4 nitrogen and oxygen atoms in total. The van der Waals surface area contributed by atoms with E-state index in [9.17, 15) is 14.3 Å². The number of aliphatic carboxylic acids is 1. The lowest BCUT2D eigenvalue weighted by Gasteiger charge is -2.25. The molecule has 0 aliphatic carbocycles. The third-order valence-electron chi connectivity index (χ3n) is 2.41. The van der Waals surface area contributed by atoms with Crippen molar-refractivity contribution in [2.45, 2.75) is 16.2 Å². The number of carbonyl (C=O) groups is 1. The number of thioether (sulfide) groups is 1. The van der Waals surface area contributed by atoms with Crippen LogP contribution < -0.4 is 0 Å². The zero-order valence-electron chi connectivity index (χ0n) is 8.80. The van der Waals surface area contributed by atoms with E-state index in [1.54, 1.807) is 0 Å². The van der Waals surface area contributed by atoms with Crippen molar-refractivity contribution < 1.29 is 24.1 Å². The molecule has 6 heteroatoms. The van der Waals surface area contributed by atoms with Crippen molar-refractivity contribution in [1.82, 2.24) is 0 Å². The number of rotatable bonds is 4. The van der Waals surface area contributed by atoms with E-state index in [4.69, 9.17) is 9.84 Å². The number of hydrogen-bond donors (Lipinski definition) is 2. The van der Waals surface area contributed by atoms with Crippen molar-refractivity contribution in [1.29, 1.82) is 0 Å². The summed E-state index contributed by atoms with van der Waals surface area (Å²) in [5.41, 5.74) is 0.0456. The summed E-state index contributed by atoms with van der Waals surface area (Å²) in [5.74, 6) is -1.91. The Hall–Kier alpha value is -1.11. The van der Waals surface area contributed by atoms with Crippen LogP contribution in [0.4, 0.5) is 4.39 Å². The maximum absolute atomic E-state index is 13.6. The number of carboxylic acid groups (broad SMARTS) is 1. The molecule has 0 aromatic heterocycles. The number of hydrogen-bond acceptors (Lipinski definition) is 4. The smallest absolute Gasteiger partial charge is 0.337 e. The summed E-state index contributed by atoms with van der Waals surface area (Å²) in [6.45, 7) is 1.20. The van der Waals surface area contributed by atoms with Gasteiger partial charge in [-0.1, -0.05) is 6.07 Å². The molecule has 1 aliphatic rings. The van der Waals surface area contributed by atoms with Gasteiger partial charge in [0.2, 0.25) is 0 Å². The van der Waals surface area contributed by atoms with Gasteiger partial charge >= 0.3 is 5.97 Å². The first kappa shape index (κ1) is 12.3. The van der Waals surface area contributed by atoms with Crippen molar-refractivity contribution in [3.63, 3.8) is 0 Å². The summed E-state index contributed by atoms with van der Waals surface area (Å²) < 4.78 is 18.6. The molecule has 0 amide bonds. The Kier molecular flexibility index (Phi) is 3.66. The van der Waals surface area contributed by atoms with E-state index >= 15 is 0 Å². The number of halogens is 1. The maximum atomic E-state index is 13.6. The highest BCUT2D eigenvalue weighted by molar-refractivity contribution is 8.00. The first-order chi connectivity index (χ1) is 8.08. The molecule has 1 aromatic rings. The van der Waals surface area contributed by atoms with Gasteiger partial charge in [-0.2, -0.15) is 0 Å². The molecule has 1 unspecified atom stereocenters. The second kappa shape index (κ2) is 5.03. The molecule has 1 saturated heterocycles. The third kappa shape index (κ3) is 2.77. The number of aliphatic hydroxyl groups excluding tert-OH is 1. The van der Waals surface area contributed by atoms with E-state index in [0.29, 0.717) is 18.1 Å². The van der Waals surface area contributed by atoms with Crippen molar-refractivity contribution in [2.24, 2.45) is 0 Å². The van der Waals surface area contributed by atoms with Crippen LogP contribution in [-0.2, 0) is 9.53 Å². The number of benzene rings is 1. The molecule has 0 bridgehead atoms. The summed E-state index contributed by atoms with van der Waals surface area (Å²) >= 11 is 1.36. The molecule has 1 atom stereocenters. The molecular weight excluding hydrogens is 247 g/mol. The van der Waals surface area contributed by atoms with Gasteiger partial charge in [0.15, 0.2) is 6.10 Å². The monoisotopic (exact) mass is 258 g/mol. The first-order valence-electron chi connectivity index (χ1n) is 5.02. The summed E-state index contributed by atoms with van der Waals surface area (Å²) in [6.07, 6.45) is -1.68. The molecule has 1 aliphatic heterocycles. The Morgan fingerprint density at radius 1 is 1.53 bits per heavy atom. The average molecular weight is 258 g/mol. The van der Waals surface area contributed by atoms with Crippen LogP contribution in [0.2, 0.25) is 0 Å². The highest BCUT2D eigenvalue weighted by Crippen LogP contribution is 2.31. The summed E-state index contributed by atoms with van der Waals surface area (Å²) in [4.78, 5) is 11.0. The fourth-order valence-electron chi connectivity index (χ4n) is 1.39. The van der Waals surface area contributed by atoms with Gasteiger partial charge in [-0.3, -0.25) is 0 Å². The lowest BCUT2D eigenvalue weighted by atomic mass is 10.1. The number of aliphatic hydroxyl groups is 1. The summed E-state index contributed by atoms with van der Waals surface area (Å²) in [6, 6.07) is 3.96. The van der Waals surface area contributed by atoms with Gasteiger partial charge in [-0.25, -0.2) is 9.18 Å². The second-order valence-electron chi connectivity index (χ2n) is 3.71. The predicted octanol–water partition coefficient (Wildman–Crippen LogP) is 1.43. The van der Waals surface area contributed by atoms with E-state index in [2.05, 4.69) is 0 Å².